The Hall–Kier alpha value is -2.58. The third-order valence-electron chi connectivity index (χ3n) is 4.73. The fourth-order valence-corrected chi connectivity index (χ4v) is 4.29. The van der Waals surface area contributed by atoms with Crippen LogP contribution in [0.4, 0.5) is 5.69 Å². The van der Waals surface area contributed by atoms with Gasteiger partial charge in [0.25, 0.3) is 15.9 Å². The number of benzene rings is 2. The van der Waals surface area contributed by atoms with Gasteiger partial charge in [0.2, 0.25) is 0 Å². The summed E-state index contributed by atoms with van der Waals surface area (Å²) in [6, 6.07) is 13.3. The summed E-state index contributed by atoms with van der Waals surface area (Å²) in [4.78, 5) is 14.8. The summed E-state index contributed by atoms with van der Waals surface area (Å²) in [5, 5.41) is 2.87. The van der Waals surface area contributed by atoms with E-state index < -0.39 is 10.0 Å². The van der Waals surface area contributed by atoms with Crippen LogP contribution >= 0.6 is 0 Å². The maximum Gasteiger partial charge on any atom is 0.261 e. The van der Waals surface area contributed by atoms with Gasteiger partial charge in [-0.25, -0.2) is 8.42 Å². The van der Waals surface area contributed by atoms with Crippen LogP contribution < -0.4 is 14.8 Å². The number of hydrogen-bond donors (Lipinski definition) is 2. The lowest BCUT2D eigenvalue weighted by Gasteiger charge is -2.30. The largest absolute Gasteiger partial charge is 0.497 e. The Labute approximate surface area is 179 Å². The molecule has 0 atom stereocenters. The van der Waals surface area contributed by atoms with Crippen LogP contribution in [0.25, 0.3) is 0 Å². The summed E-state index contributed by atoms with van der Waals surface area (Å²) in [7, 11) is -2.28. The molecule has 2 aromatic rings. The van der Waals surface area contributed by atoms with Crippen molar-refractivity contribution >= 4 is 21.6 Å². The molecule has 0 spiro atoms. The zero-order valence-electron chi connectivity index (χ0n) is 18.2. The van der Waals surface area contributed by atoms with E-state index >= 15 is 0 Å². The van der Waals surface area contributed by atoms with Gasteiger partial charge in [0.1, 0.15) is 5.75 Å². The van der Waals surface area contributed by atoms with Gasteiger partial charge < -0.3 is 10.1 Å². The number of methoxy groups -OCH3 is 1. The third kappa shape index (κ3) is 6.47. The summed E-state index contributed by atoms with van der Waals surface area (Å²) in [6.45, 7) is 9.67. The topological polar surface area (TPSA) is 87.7 Å². The molecule has 0 aromatic heterocycles. The molecule has 0 aliphatic rings. The van der Waals surface area contributed by atoms with Gasteiger partial charge in [-0.1, -0.05) is 6.07 Å². The average molecular weight is 434 g/mol. The highest BCUT2D eigenvalue weighted by Crippen LogP contribution is 2.20. The molecule has 2 N–H and O–H groups in total. The fraction of sp³-hybridized carbons (Fsp3) is 0.409. The van der Waals surface area contributed by atoms with Crippen LogP contribution in [0.1, 0.15) is 38.1 Å². The fourth-order valence-electron chi connectivity index (χ4n) is 3.19. The molecule has 0 aliphatic carbocycles. The van der Waals surface area contributed by atoms with E-state index in [9.17, 15) is 13.2 Å². The van der Waals surface area contributed by atoms with Crippen LogP contribution in [0.2, 0.25) is 0 Å². The number of rotatable bonds is 10. The summed E-state index contributed by atoms with van der Waals surface area (Å²) in [6.07, 6.45) is 0. The second-order valence-corrected chi connectivity index (χ2v) is 9.23. The van der Waals surface area contributed by atoms with Gasteiger partial charge >= 0.3 is 0 Å². The Morgan fingerprint density at radius 1 is 1.03 bits per heavy atom. The van der Waals surface area contributed by atoms with Crippen LogP contribution in [0, 0.1) is 0 Å². The van der Waals surface area contributed by atoms with Crippen LogP contribution in [0.15, 0.2) is 53.4 Å². The minimum atomic E-state index is -3.82. The summed E-state index contributed by atoms with van der Waals surface area (Å²) < 4.78 is 33.0. The molecule has 0 saturated carbocycles. The maximum atomic E-state index is 12.7. The summed E-state index contributed by atoms with van der Waals surface area (Å²) >= 11 is 0. The highest BCUT2D eigenvalue weighted by atomic mass is 32.2. The number of sulfonamides is 1. The second kappa shape index (κ2) is 10.4. The monoisotopic (exact) mass is 433 g/mol. The normalized spacial score (nSPS) is 11.7. The molecule has 0 unspecified atom stereocenters. The van der Waals surface area contributed by atoms with Crippen molar-refractivity contribution in [1.29, 1.82) is 0 Å². The van der Waals surface area contributed by atoms with E-state index in [0.717, 1.165) is 6.54 Å². The standard InChI is InChI=1S/C22H31N3O4S/c1-16(2)25(17(3)4)14-13-23-22(26)18-7-6-8-21(15-18)30(27,28)24-19-9-11-20(29-5)12-10-19/h6-12,15-17,24H,13-14H2,1-5H3,(H,23,26). The van der Waals surface area contributed by atoms with Gasteiger partial charge in [-0.15, -0.1) is 0 Å². The minimum absolute atomic E-state index is 0.0250. The Bertz CT molecular complexity index is 933. The first-order chi connectivity index (χ1) is 14.1. The van der Waals surface area contributed by atoms with Crippen LogP contribution in [0.3, 0.4) is 0 Å². The van der Waals surface area contributed by atoms with E-state index in [4.69, 9.17) is 4.74 Å². The van der Waals surface area contributed by atoms with E-state index in [1.807, 2.05) is 0 Å². The van der Waals surface area contributed by atoms with Gasteiger partial charge in [0.05, 0.1) is 12.0 Å². The third-order valence-corrected chi connectivity index (χ3v) is 6.11. The number of hydrogen-bond acceptors (Lipinski definition) is 5. The zero-order valence-corrected chi connectivity index (χ0v) is 19.0. The van der Waals surface area contributed by atoms with Crippen LogP contribution in [-0.4, -0.2) is 51.5 Å². The molecule has 164 valence electrons. The van der Waals surface area contributed by atoms with Crippen molar-refractivity contribution in [2.24, 2.45) is 0 Å². The second-order valence-electron chi connectivity index (χ2n) is 7.54. The molecule has 30 heavy (non-hydrogen) atoms. The summed E-state index contributed by atoms with van der Waals surface area (Å²) in [5.41, 5.74) is 0.710. The lowest BCUT2D eigenvalue weighted by molar-refractivity contribution is 0.0939. The first-order valence-corrected chi connectivity index (χ1v) is 11.4. The maximum absolute atomic E-state index is 12.7. The van der Waals surface area contributed by atoms with Crippen molar-refractivity contribution in [2.45, 2.75) is 44.7 Å². The van der Waals surface area contributed by atoms with E-state index in [0.29, 0.717) is 35.6 Å². The minimum Gasteiger partial charge on any atom is -0.497 e. The lowest BCUT2D eigenvalue weighted by atomic mass is 10.2. The Morgan fingerprint density at radius 2 is 1.67 bits per heavy atom. The average Bonchev–Trinajstić information content (AvgIpc) is 2.71. The van der Waals surface area contributed by atoms with E-state index in [-0.39, 0.29) is 10.8 Å². The molecule has 0 aliphatic heterocycles. The molecule has 7 nitrogen and oxygen atoms in total. The van der Waals surface area contributed by atoms with Crippen molar-refractivity contribution in [3.8, 4) is 5.75 Å². The molecule has 0 radical (unpaired) electrons. The van der Waals surface area contributed by atoms with Crippen LogP contribution in [0.5, 0.6) is 5.75 Å². The van der Waals surface area contributed by atoms with Gasteiger partial charge in [0, 0.05) is 36.4 Å². The van der Waals surface area contributed by atoms with Gasteiger partial charge in [-0.05, 0) is 70.2 Å². The Kier molecular flexibility index (Phi) is 8.25. The van der Waals surface area contributed by atoms with Gasteiger partial charge in [-0.3, -0.25) is 14.4 Å². The lowest BCUT2D eigenvalue weighted by Crippen LogP contribution is -2.42. The van der Waals surface area contributed by atoms with Crippen molar-refractivity contribution in [1.82, 2.24) is 10.2 Å². The highest BCUT2D eigenvalue weighted by molar-refractivity contribution is 7.92. The molecular formula is C22H31N3O4S. The number of anilines is 1. The molecule has 1 amide bonds. The van der Waals surface area contributed by atoms with E-state index in [1.54, 1.807) is 43.5 Å². The van der Waals surface area contributed by atoms with E-state index in [2.05, 4.69) is 42.6 Å². The first-order valence-electron chi connectivity index (χ1n) is 9.95. The van der Waals surface area contributed by atoms with Gasteiger partial charge in [-0.2, -0.15) is 0 Å². The molecule has 0 fully saturated rings. The predicted molar refractivity (Wildman–Crippen MR) is 120 cm³/mol. The molecular weight excluding hydrogens is 402 g/mol. The number of ether oxygens (including phenoxy) is 1. The van der Waals surface area contributed by atoms with E-state index in [1.165, 1.54) is 12.1 Å². The number of carbonyl (C=O) groups excluding carboxylic acids is 1. The van der Waals surface area contributed by atoms with Crippen molar-refractivity contribution in [3.05, 3.63) is 54.1 Å². The van der Waals surface area contributed by atoms with Crippen molar-refractivity contribution in [2.75, 3.05) is 24.9 Å². The molecule has 0 bridgehead atoms. The number of carbonyl (C=O) groups is 1. The number of nitrogens with zero attached hydrogens (tertiary/aromatic N) is 1. The predicted octanol–water partition coefficient (Wildman–Crippen LogP) is 3.34. The molecule has 2 rings (SSSR count). The van der Waals surface area contributed by atoms with Gasteiger partial charge in [0.15, 0.2) is 0 Å². The summed E-state index contributed by atoms with van der Waals surface area (Å²) in [5.74, 6) is 0.328. The molecule has 0 saturated heterocycles. The number of nitrogens with one attached hydrogen (secondary N) is 2. The quantitative estimate of drug-likeness (QED) is 0.600. The van der Waals surface area contributed by atoms with Crippen molar-refractivity contribution in [3.63, 3.8) is 0 Å². The Balaban J connectivity index is 2.05. The molecule has 8 heteroatoms. The smallest absolute Gasteiger partial charge is 0.261 e. The highest BCUT2D eigenvalue weighted by Gasteiger charge is 2.17. The number of amides is 1. The Morgan fingerprint density at radius 3 is 2.23 bits per heavy atom. The zero-order chi connectivity index (χ0) is 22.3. The molecule has 2 aromatic carbocycles. The van der Waals surface area contributed by atoms with Crippen LogP contribution in [-0.2, 0) is 10.0 Å². The SMILES string of the molecule is COc1ccc(NS(=O)(=O)c2cccc(C(=O)NCCN(C(C)C)C(C)C)c2)cc1. The molecule has 0 heterocycles. The van der Waals surface area contributed by atoms with Crippen molar-refractivity contribution < 1.29 is 17.9 Å². The first kappa shape index (κ1) is 23.7.